The molecule has 10 unspecified atom stereocenters. The molecular weight excluding hydrogens is 1980 g/mol. The molecule has 1 aliphatic carbocycles. The van der Waals surface area contributed by atoms with Crippen LogP contribution in [0.2, 0.25) is 0 Å². The van der Waals surface area contributed by atoms with E-state index in [2.05, 4.69) is 26.6 Å². The zero-order valence-corrected chi connectivity index (χ0v) is 93.8. The van der Waals surface area contributed by atoms with Crippen LogP contribution in [0.1, 0.15) is 250 Å². The average molecular weight is 2160 g/mol. The molecule has 44 nitrogen and oxygen atoms in total. The number of imide groups is 1. The molecule has 1 aromatic rings. The van der Waals surface area contributed by atoms with Gasteiger partial charge in [-0.15, -0.1) is 11.8 Å². The number of hydrogen-bond acceptors (Lipinski definition) is 36. The number of nitrogens with zero attached hydrogens (tertiary/aromatic N) is 4. The highest BCUT2D eigenvalue weighted by Crippen LogP contribution is 2.35. The molecule has 0 bridgehead atoms. The Morgan fingerprint density at radius 3 is 1.50 bits per heavy atom. The SMILES string of the molecule is CCC(=O)C1CCC(CN2C(=O)CC(SCCNC(=O)CCCC(=O)OCC(CC)OC(CO)OC)C2=O)CC1.CCC(CO)OC(CO)OC.CCC(CO)OC(COC(=O)CCCC(=O)NC(C)C(=O)OCCCNC(=O)[C@H](Cc1ccccc1)NC(=O)[C@H](C)[C@@H](OC)[C@@H]1CCCN1C(=O)C[C@@H](OC)[C@H]([C@@H](C)CC)N(C)C(=O)[C@@H](NC(=O)[C@H](C(C)C)N(C)C)C(C)C)OC.CCC(CO)OC(COC(=O)CCCC(=O)O)OC. The predicted molar refractivity (Wildman–Crippen MR) is 556 cm³/mol. The zero-order chi connectivity index (χ0) is 113. The van der Waals surface area contributed by atoms with Crippen molar-refractivity contribution in [2.45, 2.75) is 354 Å². The van der Waals surface area contributed by atoms with Gasteiger partial charge in [-0.3, -0.25) is 76.9 Å². The van der Waals surface area contributed by atoms with Crippen LogP contribution in [0.15, 0.2) is 30.3 Å². The Morgan fingerprint density at radius 1 is 0.520 bits per heavy atom. The Kier molecular flexibility index (Phi) is 74.5. The third-order valence-corrected chi connectivity index (χ3v) is 27.4. The number of methoxy groups -OCH3 is 6. The first-order chi connectivity index (χ1) is 71.4. The number of rotatable bonds is 74. The Bertz CT molecular complexity index is 3990. The molecule has 0 radical (unpaired) electrons. The summed E-state index contributed by atoms with van der Waals surface area (Å²) in [5.74, 6) is -5.65. The fraction of sp³-hybridized carbons (Fsp3) is 0.800. The Morgan fingerprint density at radius 2 is 1.03 bits per heavy atom. The number of likely N-dealkylation sites (N-methyl/N-ethyl adjacent to an activating group) is 2. The summed E-state index contributed by atoms with van der Waals surface area (Å²) in [5.41, 5.74) is 0.802. The first-order valence-electron chi connectivity index (χ1n) is 52.8. The molecule has 0 aromatic heterocycles. The Hall–Kier alpha value is -8.62. The van der Waals surface area contributed by atoms with E-state index in [0.29, 0.717) is 89.0 Å². The quantitative estimate of drug-likeness (QED) is 0.0119. The van der Waals surface area contributed by atoms with E-state index in [9.17, 15) is 77.0 Å². The van der Waals surface area contributed by atoms with Crippen molar-refractivity contribution in [3.05, 3.63) is 35.9 Å². The van der Waals surface area contributed by atoms with Crippen LogP contribution in [0.5, 0.6) is 0 Å². The molecule has 9 amide bonds. The minimum Gasteiger partial charge on any atom is -0.481 e. The standard InChI is InChI=1S/C58H99N7O15.C28H46N2O9S.C12H22O7.C7H16O4/c1-16-38(7)52(64(12)57(73)50(36(3)4)62-56(72)51(37(5)6)63(10)11)45(75-13)33-47(68)65-30-22-26-44(65)53(77-15)39(8)54(70)61-43(32-41-24-19-18-20-25-41)55(71)59-29-23-31-78-58(74)40(9)60-46(67)27-21-28-48(69)79-35-49(76-14)80-42(17-2)34-66;1-4-21(39-27(17-31)37-3)18-38-26(35)8-6-7-24(33)29-13-14-40-23-15-25(34)30(28(23)36)16-19-9-11-20(12-10-19)22(32)5-2;1-3-9(7-13)19-12(17-2)8-18-11(16)6-4-5-10(14)15;1-3-6(4-8)11-7(5-9)10-2/h18-20,24-25,36-40,42-45,49-53,66H,16-17,21-23,26-35H2,1-15H3,(H,59,71)(H,60,67)(H,61,70)(H,62,72);19-21,23,27,31H,4-18H2,1-3H3,(H,29,33);9,12-13H,3-8H2,1-2H3,(H,14,15);6-9H,3-5H2,1-2H3/t38-,39+,40?,42?,43-,44-,45+,49?,50-,51-,52-,53+;;;/m0.../s1. The highest BCUT2D eigenvalue weighted by molar-refractivity contribution is 8.00. The maximum Gasteiger partial charge on any atom is 0.328 e. The van der Waals surface area contributed by atoms with Gasteiger partial charge in [-0.05, 0) is 140 Å². The van der Waals surface area contributed by atoms with Crippen LogP contribution in [0.25, 0.3) is 0 Å². The first-order valence-corrected chi connectivity index (χ1v) is 53.9. The number of esters is 4. The average Bonchev–Trinajstić information content (AvgIpc) is 1.65. The van der Waals surface area contributed by atoms with Crippen molar-refractivity contribution >= 4 is 101 Å². The van der Waals surface area contributed by atoms with E-state index in [-0.39, 0.29) is 220 Å². The number of ether oxygens (including phenoxy) is 14. The number of carboxylic acid groups (broad SMARTS) is 1. The number of aliphatic hydroxyl groups is 5. The predicted octanol–water partition coefficient (Wildman–Crippen LogP) is 5.89. The number of thioether (sulfide) groups is 1. The number of aliphatic hydroxyl groups excluding tert-OH is 5. The summed E-state index contributed by atoms with van der Waals surface area (Å²) in [6, 6.07) is 4.97. The van der Waals surface area contributed by atoms with Gasteiger partial charge >= 0.3 is 29.8 Å². The number of likely N-dealkylation sites (tertiary alicyclic amines) is 2. The largest absolute Gasteiger partial charge is 0.481 e. The molecule has 2 aliphatic heterocycles. The normalized spacial score (nSPS) is 18.4. The molecule has 0 spiro atoms. The zero-order valence-electron chi connectivity index (χ0n) is 93.0. The Labute approximate surface area is 891 Å². The van der Waals surface area contributed by atoms with E-state index in [1.807, 2.05) is 125 Å². The van der Waals surface area contributed by atoms with Crippen molar-refractivity contribution < 1.29 is 169 Å². The molecule has 2 saturated heterocycles. The second kappa shape index (κ2) is 80.2. The van der Waals surface area contributed by atoms with Crippen molar-refractivity contribution in [3.8, 4) is 0 Å². The number of amides is 9. The number of Topliss-reactive ketones (excluding diaryl/α,β-unsaturated/α-hetero) is 1. The van der Waals surface area contributed by atoms with Crippen LogP contribution in [0.3, 0.4) is 0 Å². The summed E-state index contributed by atoms with van der Waals surface area (Å²) < 4.78 is 74.0. The molecule has 1 aromatic carbocycles. The van der Waals surface area contributed by atoms with Crippen molar-refractivity contribution in [1.29, 1.82) is 0 Å². The lowest BCUT2D eigenvalue weighted by Crippen LogP contribution is -2.59. The highest BCUT2D eigenvalue weighted by atomic mass is 32.2. The van der Waals surface area contributed by atoms with Gasteiger partial charge in [0.05, 0.1) is 112 Å². The van der Waals surface area contributed by atoms with Crippen LogP contribution in [-0.4, -0.2) is 398 Å². The van der Waals surface area contributed by atoms with E-state index in [4.69, 9.17) is 91.8 Å². The van der Waals surface area contributed by atoms with E-state index in [1.54, 1.807) is 23.8 Å². The van der Waals surface area contributed by atoms with Crippen LogP contribution < -0.4 is 26.6 Å². The smallest absolute Gasteiger partial charge is 0.328 e. The summed E-state index contributed by atoms with van der Waals surface area (Å²) in [5, 5.41) is 66.9. The molecule has 1 saturated carbocycles. The maximum atomic E-state index is 14.5. The molecule has 864 valence electrons. The van der Waals surface area contributed by atoms with Crippen molar-refractivity contribution in [3.63, 3.8) is 0 Å². The van der Waals surface area contributed by atoms with Gasteiger partial charge < -0.3 is 133 Å². The number of aliphatic carboxylic acids is 1. The number of hydrogen-bond donors (Lipinski definition) is 11. The topological polar surface area (TPSA) is 580 Å². The summed E-state index contributed by atoms with van der Waals surface area (Å²) in [6.45, 7) is 24.4. The monoisotopic (exact) mass is 2160 g/mol. The number of carboxylic acids is 1. The van der Waals surface area contributed by atoms with Crippen molar-refractivity contribution in [2.24, 2.45) is 35.5 Å². The molecule has 3 fully saturated rings. The van der Waals surface area contributed by atoms with Gasteiger partial charge in [0.2, 0.25) is 53.2 Å². The number of nitrogens with one attached hydrogen (secondary N) is 5. The van der Waals surface area contributed by atoms with Crippen LogP contribution in [-0.2, 0) is 145 Å². The first kappa shape index (κ1) is 139. The van der Waals surface area contributed by atoms with Crippen LogP contribution in [0.4, 0.5) is 0 Å². The fourth-order valence-corrected chi connectivity index (χ4v) is 18.0. The number of carbonyl (C=O) groups is 15. The third kappa shape index (κ3) is 54.5. The Balaban J connectivity index is 0.00000130. The lowest BCUT2D eigenvalue weighted by Gasteiger charge is -2.41. The van der Waals surface area contributed by atoms with Gasteiger partial charge in [-0.25, -0.2) is 4.79 Å². The van der Waals surface area contributed by atoms with Gasteiger partial charge in [-0.2, -0.15) is 0 Å². The lowest BCUT2D eigenvalue weighted by atomic mass is 9.79. The second-order valence-corrected chi connectivity index (χ2v) is 39.7. The lowest BCUT2D eigenvalue weighted by molar-refractivity contribution is -0.194. The van der Waals surface area contributed by atoms with Crippen molar-refractivity contribution in [1.82, 2.24) is 46.2 Å². The van der Waals surface area contributed by atoms with Gasteiger partial charge in [0.1, 0.15) is 43.7 Å². The molecule has 3 aliphatic rings. The molecular formula is C105H183N9O35S. The van der Waals surface area contributed by atoms with Gasteiger partial charge in [-0.1, -0.05) is 120 Å². The maximum absolute atomic E-state index is 14.5. The minimum absolute atomic E-state index is 0.00492. The van der Waals surface area contributed by atoms with Crippen LogP contribution in [0, 0.1) is 35.5 Å². The van der Waals surface area contributed by atoms with Gasteiger partial charge in [0, 0.05) is 145 Å². The third-order valence-electron chi connectivity index (χ3n) is 26.2. The minimum atomic E-state index is -1.000. The summed E-state index contributed by atoms with van der Waals surface area (Å²) >= 11 is 1.38. The van der Waals surface area contributed by atoms with Crippen molar-refractivity contribution in [2.75, 3.05) is 155 Å². The molecule has 150 heavy (non-hydrogen) atoms. The highest BCUT2D eigenvalue weighted by Gasteiger charge is 2.46. The molecule has 11 N–H and O–H groups in total. The summed E-state index contributed by atoms with van der Waals surface area (Å²) in [4.78, 5) is 197. The molecule has 19 atom stereocenters. The molecule has 45 heteroatoms. The number of carbonyl (C=O) groups excluding carboxylic acids is 14. The van der Waals surface area contributed by atoms with E-state index < -0.39 is 145 Å². The van der Waals surface area contributed by atoms with Gasteiger partial charge in [0.15, 0.2) is 25.2 Å². The number of ketones is 1. The van der Waals surface area contributed by atoms with Gasteiger partial charge in [0.25, 0.3) is 0 Å². The summed E-state index contributed by atoms with van der Waals surface area (Å²) in [6.07, 6.45) is 3.83. The fourth-order valence-electron chi connectivity index (χ4n) is 17.0. The number of benzene rings is 1. The molecule has 2 heterocycles. The van der Waals surface area contributed by atoms with Crippen LogP contribution >= 0.6 is 11.8 Å². The summed E-state index contributed by atoms with van der Waals surface area (Å²) in [7, 11) is 14.1. The second-order valence-electron chi connectivity index (χ2n) is 38.4. The van der Waals surface area contributed by atoms with E-state index in [1.165, 1.54) is 66.2 Å². The van der Waals surface area contributed by atoms with E-state index >= 15 is 0 Å². The molecule has 4 rings (SSSR count). The van der Waals surface area contributed by atoms with E-state index in [0.717, 1.165) is 31.2 Å².